The molecule has 0 aromatic heterocycles. The number of hydrogen-bond donors (Lipinski definition) is 1. The molecule has 0 aliphatic carbocycles. The van der Waals surface area contributed by atoms with Crippen LogP contribution in [0.25, 0.3) is 0 Å². The van der Waals surface area contributed by atoms with Crippen molar-refractivity contribution >= 4 is 0 Å². The molecule has 0 saturated carbocycles. The van der Waals surface area contributed by atoms with Crippen molar-refractivity contribution in [3.05, 3.63) is 0 Å². The van der Waals surface area contributed by atoms with E-state index in [4.69, 9.17) is 10.5 Å². The summed E-state index contributed by atoms with van der Waals surface area (Å²) in [5.74, 6) is 0. The van der Waals surface area contributed by atoms with E-state index in [-0.39, 0.29) is 13.0 Å². The van der Waals surface area contributed by atoms with Crippen LogP contribution in [0, 0.1) is 0 Å². The summed E-state index contributed by atoms with van der Waals surface area (Å²) in [6.07, 6.45) is -4.13. The third kappa shape index (κ3) is 8.31. The molecule has 2 N–H and O–H groups in total. The van der Waals surface area contributed by atoms with Crippen molar-refractivity contribution in [2.24, 2.45) is 5.73 Å². The Labute approximate surface area is 82.6 Å². The van der Waals surface area contributed by atoms with Crippen molar-refractivity contribution in [1.29, 1.82) is 0 Å². The molecular formula is C9H18F3NO. The summed E-state index contributed by atoms with van der Waals surface area (Å²) in [7, 11) is 0. The van der Waals surface area contributed by atoms with E-state index < -0.39 is 18.1 Å². The lowest BCUT2D eigenvalue weighted by molar-refractivity contribution is -0.138. The largest absolute Gasteiger partial charge is 0.389 e. The van der Waals surface area contributed by atoms with Gasteiger partial charge in [0, 0.05) is 18.6 Å². The summed E-state index contributed by atoms with van der Waals surface area (Å²) in [4.78, 5) is 0. The molecule has 0 aliphatic heterocycles. The number of nitrogens with two attached hydrogens (primary N) is 1. The van der Waals surface area contributed by atoms with Gasteiger partial charge in [0.05, 0.1) is 6.61 Å². The quantitative estimate of drug-likeness (QED) is 0.688. The van der Waals surface area contributed by atoms with Crippen LogP contribution in [0.4, 0.5) is 13.2 Å². The van der Waals surface area contributed by atoms with Crippen molar-refractivity contribution in [1.82, 2.24) is 0 Å². The highest BCUT2D eigenvalue weighted by Crippen LogP contribution is 2.21. The van der Waals surface area contributed by atoms with Gasteiger partial charge in [-0.2, -0.15) is 13.2 Å². The average Bonchev–Trinajstić information content (AvgIpc) is 2.01. The van der Waals surface area contributed by atoms with Gasteiger partial charge in [-0.15, -0.1) is 0 Å². The lowest BCUT2D eigenvalue weighted by Gasteiger charge is -2.22. The van der Waals surface area contributed by atoms with E-state index in [1.807, 2.05) is 13.8 Å². The normalized spacial score (nSPS) is 16.7. The van der Waals surface area contributed by atoms with Crippen LogP contribution in [0.1, 0.15) is 33.1 Å². The van der Waals surface area contributed by atoms with Crippen LogP contribution >= 0.6 is 0 Å². The summed E-state index contributed by atoms with van der Waals surface area (Å²) < 4.78 is 40.2. The Balaban J connectivity index is 3.39. The van der Waals surface area contributed by atoms with Gasteiger partial charge in [0.2, 0.25) is 0 Å². The van der Waals surface area contributed by atoms with E-state index in [9.17, 15) is 13.2 Å². The number of alkyl halides is 3. The fourth-order valence-corrected chi connectivity index (χ4v) is 0.782. The van der Waals surface area contributed by atoms with Crippen molar-refractivity contribution < 1.29 is 17.9 Å². The minimum absolute atomic E-state index is 0.00327. The second-order valence-electron chi connectivity index (χ2n) is 3.78. The zero-order valence-electron chi connectivity index (χ0n) is 8.66. The van der Waals surface area contributed by atoms with Crippen LogP contribution in [-0.4, -0.2) is 24.9 Å². The first kappa shape index (κ1) is 13.7. The molecular weight excluding hydrogens is 195 g/mol. The third-order valence-electron chi connectivity index (χ3n) is 1.99. The van der Waals surface area contributed by atoms with E-state index in [2.05, 4.69) is 0 Å². The van der Waals surface area contributed by atoms with Crippen LogP contribution < -0.4 is 5.73 Å². The molecule has 0 heterocycles. The van der Waals surface area contributed by atoms with Crippen LogP contribution in [0.3, 0.4) is 0 Å². The summed E-state index contributed by atoms with van der Waals surface area (Å²) in [6, 6.07) is 0. The molecule has 86 valence electrons. The van der Waals surface area contributed by atoms with Crippen molar-refractivity contribution in [2.75, 3.05) is 13.2 Å². The number of halogens is 3. The predicted octanol–water partition coefficient (Wildman–Crippen LogP) is 2.47. The fourth-order valence-electron chi connectivity index (χ4n) is 0.782. The number of ether oxygens (including phenoxy) is 1. The van der Waals surface area contributed by atoms with Gasteiger partial charge < -0.3 is 10.5 Å². The summed E-state index contributed by atoms with van der Waals surface area (Å²) in [5.41, 5.74) is 5.30. The molecule has 1 unspecified atom stereocenters. The van der Waals surface area contributed by atoms with Crippen LogP contribution in [-0.2, 0) is 4.74 Å². The lowest BCUT2D eigenvalue weighted by Crippen LogP contribution is -2.40. The summed E-state index contributed by atoms with van der Waals surface area (Å²) in [6.45, 7) is 4.16. The highest BCUT2D eigenvalue weighted by molar-refractivity contribution is 4.75. The molecule has 0 bridgehead atoms. The van der Waals surface area contributed by atoms with Gasteiger partial charge in [-0.05, 0) is 19.8 Å². The van der Waals surface area contributed by atoms with E-state index in [0.717, 1.165) is 6.42 Å². The smallest absolute Gasteiger partial charge is 0.380 e. The van der Waals surface area contributed by atoms with Crippen LogP contribution in [0.2, 0.25) is 0 Å². The van der Waals surface area contributed by atoms with Crippen LogP contribution in [0.15, 0.2) is 0 Å². The Morgan fingerprint density at radius 3 is 2.29 bits per heavy atom. The van der Waals surface area contributed by atoms with Crippen molar-refractivity contribution in [2.45, 2.75) is 44.8 Å². The van der Waals surface area contributed by atoms with E-state index in [1.165, 1.54) is 0 Å². The average molecular weight is 213 g/mol. The minimum atomic E-state index is -4.08. The predicted molar refractivity (Wildman–Crippen MR) is 49.0 cm³/mol. The molecule has 0 saturated heterocycles. The molecule has 0 spiro atoms. The first-order valence-corrected chi connectivity index (χ1v) is 4.70. The molecule has 1 atom stereocenters. The second kappa shape index (κ2) is 5.56. The Bertz CT molecular complexity index is 157. The van der Waals surface area contributed by atoms with Crippen molar-refractivity contribution in [3.63, 3.8) is 0 Å². The molecule has 14 heavy (non-hydrogen) atoms. The fraction of sp³-hybridized carbons (Fsp3) is 1.00. The molecule has 0 amide bonds. The number of rotatable bonds is 6. The summed E-state index contributed by atoms with van der Waals surface area (Å²) in [5, 5.41) is 0. The van der Waals surface area contributed by atoms with Crippen LogP contribution in [0.5, 0.6) is 0 Å². The maximum absolute atomic E-state index is 11.7. The first-order valence-electron chi connectivity index (χ1n) is 4.70. The lowest BCUT2D eigenvalue weighted by atomic mass is 10.0. The maximum Gasteiger partial charge on any atom is 0.389 e. The number of hydrogen-bond acceptors (Lipinski definition) is 2. The Kier molecular flexibility index (Phi) is 5.44. The van der Waals surface area contributed by atoms with Gasteiger partial charge in [-0.3, -0.25) is 0 Å². The van der Waals surface area contributed by atoms with Crippen molar-refractivity contribution in [3.8, 4) is 0 Å². The van der Waals surface area contributed by atoms with Gasteiger partial charge in [-0.25, -0.2) is 0 Å². The van der Waals surface area contributed by atoms with E-state index >= 15 is 0 Å². The zero-order chi connectivity index (χ0) is 11.2. The van der Waals surface area contributed by atoms with E-state index in [0.29, 0.717) is 6.61 Å². The van der Waals surface area contributed by atoms with E-state index in [1.54, 1.807) is 0 Å². The highest BCUT2D eigenvalue weighted by Gasteiger charge is 2.26. The topological polar surface area (TPSA) is 35.2 Å². The van der Waals surface area contributed by atoms with Gasteiger partial charge in [-0.1, -0.05) is 6.92 Å². The van der Waals surface area contributed by atoms with Gasteiger partial charge in [0.25, 0.3) is 0 Å². The standard InChI is InChI=1S/C9H18F3NO/c1-3-8(2,13)7-14-6-4-5-9(10,11)12/h3-7,13H2,1-2H3. The molecule has 0 radical (unpaired) electrons. The van der Waals surface area contributed by atoms with Gasteiger partial charge >= 0.3 is 6.18 Å². The molecule has 2 nitrogen and oxygen atoms in total. The molecule has 5 heteroatoms. The Morgan fingerprint density at radius 2 is 1.86 bits per heavy atom. The molecule has 0 aliphatic rings. The van der Waals surface area contributed by atoms with Gasteiger partial charge in [0.1, 0.15) is 0 Å². The SMILES string of the molecule is CCC(C)(N)COCCCC(F)(F)F. The maximum atomic E-state index is 11.7. The first-order chi connectivity index (χ1) is 6.27. The zero-order valence-corrected chi connectivity index (χ0v) is 8.66. The Morgan fingerprint density at radius 1 is 1.29 bits per heavy atom. The Hall–Kier alpha value is -0.290. The third-order valence-corrected chi connectivity index (χ3v) is 1.99. The second-order valence-corrected chi connectivity index (χ2v) is 3.78. The molecule has 0 fully saturated rings. The summed E-state index contributed by atoms with van der Waals surface area (Å²) >= 11 is 0. The van der Waals surface area contributed by atoms with Gasteiger partial charge in [0.15, 0.2) is 0 Å². The monoisotopic (exact) mass is 213 g/mol. The molecule has 0 aromatic carbocycles. The molecule has 0 aromatic rings. The molecule has 0 rings (SSSR count). The highest BCUT2D eigenvalue weighted by atomic mass is 19.4. The minimum Gasteiger partial charge on any atom is -0.380 e.